The third-order valence-electron chi connectivity index (χ3n) is 3.71. The van der Waals surface area contributed by atoms with Gasteiger partial charge in [0.05, 0.1) is 6.20 Å². The first kappa shape index (κ1) is 13.0. The fraction of sp³-hybridized carbons (Fsp3) is 0.667. The van der Waals surface area contributed by atoms with Crippen molar-refractivity contribution in [3.8, 4) is 0 Å². The van der Waals surface area contributed by atoms with E-state index < -0.39 is 5.97 Å². The molecule has 1 aromatic rings. The largest absolute Gasteiger partial charge is 0.476 e. The summed E-state index contributed by atoms with van der Waals surface area (Å²) in [6, 6.07) is 0.913. The lowest BCUT2D eigenvalue weighted by atomic mass is 10.2. The quantitative estimate of drug-likeness (QED) is 0.741. The summed E-state index contributed by atoms with van der Waals surface area (Å²) < 4.78 is 1.24. The number of nitrogens with zero attached hydrogens (tertiary/aromatic N) is 4. The first-order valence-corrected chi connectivity index (χ1v) is 6.78. The van der Waals surface area contributed by atoms with Crippen molar-refractivity contribution >= 4 is 11.9 Å². The third-order valence-corrected chi connectivity index (χ3v) is 3.71. The van der Waals surface area contributed by atoms with Gasteiger partial charge in [-0.2, -0.15) is 0 Å². The number of carbonyl (C=O) groups excluding carboxylic acids is 1. The lowest BCUT2D eigenvalue weighted by Crippen LogP contribution is -2.39. The van der Waals surface area contributed by atoms with Crippen LogP contribution in [-0.2, 0) is 11.3 Å². The highest BCUT2D eigenvalue weighted by Crippen LogP contribution is 2.29. The zero-order valence-corrected chi connectivity index (χ0v) is 11.0. The van der Waals surface area contributed by atoms with E-state index in [9.17, 15) is 9.59 Å². The first-order valence-electron chi connectivity index (χ1n) is 6.78. The molecule has 0 aromatic carbocycles. The van der Waals surface area contributed by atoms with Crippen LogP contribution in [0.25, 0.3) is 0 Å². The van der Waals surface area contributed by atoms with Crippen LogP contribution in [0.1, 0.15) is 29.8 Å². The van der Waals surface area contributed by atoms with Crippen molar-refractivity contribution in [1.29, 1.82) is 0 Å². The maximum atomic E-state index is 11.9. The molecule has 0 radical (unpaired) electrons. The van der Waals surface area contributed by atoms with Crippen molar-refractivity contribution < 1.29 is 14.7 Å². The van der Waals surface area contributed by atoms with Crippen molar-refractivity contribution in [2.75, 3.05) is 13.1 Å². The molecule has 20 heavy (non-hydrogen) atoms. The Bertz CT molecular complexity index is 525. The van der Waals surface area contributed by atoms with E-state index in [0.717, 1.165) is 25.6 Å². The minimum absolute atomic E-state index is 0.000207. The Morgan fingerprint density at radius 2 is 2.20 bits per heavy atom. The van der Waals surface area contributed by atoms with E-state index in [1.54, 1.807) is 0 Å². The lowest BCUT2D eigenvalue weighted by molar-refractivity contribution is -0.122. The van der Waals surface area contributed by atoms with Crippen LogP contribution in [-0.4, -0.2) is 62.0 Å². The van der Waals surface area contributed by atoms with Gasteiger partial charge in [0.1, 0.15) is 6.54 Å². The molecule has 2 aliphatic rings. The van der Waals surface area contributed by atoms with Crippen LogP contribution in [0.4, 0.5) is 0 Å². The van der Waals surface area contributed by atoms with E-state index in [-0.39, 0.29) is 24.2 Å². The monoisotopic (exact) mass is 279 g/mol. The number of hydrogen-bond donors (Lipinski definition) is 2. The number of nitrogens with one attached hydrogen (secondary N) is 1. The zero-order chi connectivity index (χ0) is 14.1. The highest BCUT2D eigenvalue weighted by atomic mass is 16.4. The van der Waals surface area contributed by atoms with Gasteiger partial charge in [-0.25, -0.2) is 9.48 Å². The molecule has 1 aromatic heterocycles. The average Bonchev–Trinajstić information content (AvgIpc) is 2.96. The van der Waals surface area contributed by atoms with Crippen molar-refractivity contribution in [1.82, 2.24) is 25.2 Å². The smallest absolute Gasteiger partial charge is 0.358 e. The van der Waals surface area contributed by atoms with Gasteiger partial charge in [-0.3, -0.25) is 9.69 Å². The van der Waals surface area contributed by atoms with Crippen molar-refractivity contribution in [2.45, 2.75) is 37.9 Å². The van der Waals surface area contributed by atoms with Crippen LogP contribution in [0.3, 0.4) is 0 Å². The number of hydrogen-bond acceptors (Lipinski definition) is 5. The Hall–Kier alpha value is -1.96. The van der Waals surface area contributed by atoms with Crippen molar-refractivity contribution in [3.63, 3.8) is 0 Å². The molecule has 2 N–H and O–H groups in total. The number of carboxylic acids is 1. The topological polar surface area (TPSA) is 100 Å². The van der Waals surface area contributed by atoms with E-state index in [4.69, 9.17) is 5.11 Å². The normalized spacial score (nSPS) is 22.9. The van der Waals surface area contributed by atoms with E-state index in [0.29, 0.717) is 0 Å². The predicted octanol–water partition coefficient (Wildman–Crippen LogP) is -0.671. The molecule has 2 fully saturated rings. The van der Waals surface area contributed by atoms with Crippen LogP contribution < -0.4 is 5.32 Å². The van der Waals surface area contributed by atoms with Gasteiger partial charge in [-0.05, 0) is 19.3 Å². The van der Waals surface area contributed by atoms with Crippen LogP contribution in [0.15, 0.2) is 6.20 Å². The maximum Gasteiger partial charge on any atom is 0.358 e. The molecule has 1 amide bonds. The van der Waals surface area contributed by atoms with Crippen LogP contribution in [0, 0.1) is 0 Å². The number of carboxylic acid groups (broad SMARTS) is 1. The molecule has 0 spiro atoms. The van der Waals surface area contributed by atoms with Gasteiger partial charge in [0.25, 0.3) is 0 Å². The van der Waals surface area contributed by atoms with Crippen LogP contribution >= 0.6 is 0 Å². The van der Waals surface area contributed by atoms with Gasteiger partial charge in [0.15, 0.2) is 5.69 Å². The Labute approximate surface area is 115 Å². The lowest BCUT2D eigenvalue weighted by Gasteiger charge is -2.15. The second-order valence-electron chi connectivity index (χ2n) is 5.39. The van der Waals surface area contributed by atoms with E-state index >= 15 is 0 Å². The maximum absolute atomic E-state index is 11.9. The van der Waals surface area contributed by atoms with Crippen LogP contribution in [0.2, 0.25) is 0 Å². The fourth-order valence-corrected chi connectivity index (χ4v) is 2.57. The molecule has 1 atom stereocenters. The summed E-state index contributed by atoms with van der Waals surface area (Å²) >= 11 is 0. The summed E-state index contributed by atoms with van der Waals surface area (Å²) in [4.78, 5) is 25.0. The number of aromatic nitrogens is 3. The Morgan fingerprint density at radius 1 is 1.40 bits per heavy atom. The Balaban J connectivity index is 1.48. The van der Waals surface area contributed by atoms with Gasteiger partial charge in [-0.15, -0.1) is 5.10 Å². The predicted molar refractivity (Wildman–Crippen MR) is 68.1 cm³/mol. The van der Waals surface area contributed by atoms with Gasteiger partial charge < -0.3 is 10.4 Å². The van der Waals surface area contributed by atoms with Crippen LogP contribution in [0.5, 0.6) is 0 Å². The molecular weight excluding hydrogens is 262 g/mol. The van der Waals surface area contributed by atoms with Gasteiger partial charge >= 0.3 is 5.97 Å². The van der Waals surface area contributed by atoms with Gasteiger partial charge in [0, 0.05) is 25.2 Å². The molecule has 2 heterocycles. The van der Waals surface area contributed by atoms with Gasteiger partial charge in [0.2, 0.25) is 5.91 Å². The minimum Gasteiger partial charge on any atom is -0.476 e. The molecule has 1 saturated heterocycles. The molecule has 8 heteroatoms. The van der Waals surface area contributed by atoms with Crippen molar-refractivity contribution in [2.24, 2.45) is 0 Å². The molecule has 3 rings (SSSR count). The minimum atomic E-state index is -1.15. The molecule has 1 saturated carbocycles. The second-order valence-corrected chi connectivity index (χ2v) is 5.39. The highest BCUT2D eigenvalue weighted by molar-refractivity contribution is 5.84. The Kier molecular flexibility index (Phi) is 3.39. The first-order chi connectivity index (χ1) is 9.61. The standard InChI is InChI=1S/C12H17N5O3/c18-11(7-17-6-10(12(19)20)14-15-17)13-8-3-4-16(5-8)9-1-2-9/h6,8-9H,1-5,7H2,(H,13,18)(H,19,20). The molecule has 108 valence electrons. The third kappa shape index (κ3) is 2.96. The summed E-state index contributed by atoms with van der Waals surface area (Å²) in [5.41, 5.74) is -0.154. The van der Waals surface area contributed by atoms with Crippen molar-refractivity contribution in [3.05, 3.63) is 11.9 Å². The van der Waals surface area contributed by atoms with E-state index in [1.165, 1.54) is 23.7 Å². The SMILES string of the molecule is O=C(Cn1cc(C(=O)O)nn1)NC1CCN(C2CC2)C1. The molecule has 1 unspecified atom stereocenters. The zero-order valence-electron chi connectivity index (χ0n) is 11.0. The van der Waals surface area contributed by atoms with E-state index in [1.807, 2.05) is 0 Å². The number of likely N-dealkylation sites (tertiary alicyclic amines) is 1. The number of aromatic carboxylic acids is 1. The fourth-order valence-electron chi connectivity index (χ4n) is 2.57. The Morgan fingerprint density at radius 3 is 2.85 bits per heavy atom. The summed E-state index contributed by atoms with van der Waals surface area (Å²) in [5.74, 6) is -1.30. The van der Waals surface area contributed by atoms with E-state index in [2.05, 4.69) is 20.5 Å². The second kappa shape index (κ2) is 5.20. The molecular formula is C12H17N5O3. The number of amides is 1. The summed E-state index contributed by atoms with van der Waals surface area (Å²) in [5, 5.41) is 18.8. The number of carbonyl (C=O) groups is 2. The molecule has 1 aliphatic heterocycles. The molecule has 1 aliphatic carbocycles. The highest BCUT2D eigenvalue weighted by Gasteiger charge is 2.34. The average molecular weight is 279 g/mol. The van der Waals surface area contributed by atoms with Gasteiger partial charge in [-0.1, -0.05) is 5.21 Å². The molecule has 8 nitrogen and oxygen atoms in total. The molecule has 0 bridgehead atoms. The summed E-state index contributed by atoms with van der Waals surface area (Å²) in [7, 11) is 0. The number of rotatable bonds is 5. The summed E-state index contributed by atoms with van der Waals surface area (Å²) in [6.45, 7) is 1.95. The summed E-state index contributed by atoms with van der Waals surface area (Å²) in [6.07, 6.45) is 4.78.